The number of rotatable bonds is 3. The Morgan fingerprint density at radius 1 is 1.53 bits per heavy atom. The Bertz CT molecular complexity index is 596. The van der Waals surface area contributed by atoms with E-state index in [2.05, 4.69) is 5.10 Å². The maximum absolute atomic E-state index is 11.0. The van der Waals surface area contributed by atoms with Crippen molar-refractivity contribution in [1.29, 1.82) is 0 Å². The second kappa shape index (κ2) is 3.32. The number of aryl methyl sites for hydroxylation is 1. The van der Waals surface area contributed by atoms with E-state index in [1.807, 2.05) is 36.1 Å². The Labute approximate surface area is 98.9 Å². The minimum atomic E-state index is -0.721. The molecule has 1 heterocycles. The minimum absolute atomic E-state index is 0.154. The van der Waals surface area contributed by atoms with E-state index in [4.69, 9.17) is 5.11 Å². The highest BCUT2D eigenvalue weighted by Gasteiger charge is 2.47. The molecule has 1 N–H and O–H groups in total. The predicted molar refractivity (Wildman–Crippen MR) is 63.9 cm³/mol. The highest BCUT2D eigenvalue weighted by atomic mass is 16.4. The smallest absolute Gasteiger partial charge is 0.304 e. The van der Waals surface area contributed by atoms with Crippen LogP contribution in [0.15, 0.2) is 24.4 Å². The van der Waals surface area contributed by atoms with Crippen molar-refractivity contribution in [2.45, 2.75) is 24.7 Å². The fourth-order valence-electron chi connectivity index (χ4n) is 2.64. The molecule has 1 aromatic carbocycles. The topological polar surface area (TPSA) is 55.1 Å². The maximum atomic E-state index is 11.0. The maximum Gasteiger partial charge on any atom is 0.304 e. The quantitative estimate of drug-likeness (QED) is 0.878. The van der Waals surface area contributed by atoms with Gasteiger partial charge < -0.3 is 5.11 Å². The van der Waals surface area contributed by atoms with Crippen molar-refractivity contribution in [3.05, 3.63) is 30.0 Å². The predicted octanol–water partition coefficient (Wildman–Crippen LogP) is 2.08. The molecule has 0 aliphatic heterocycles. The second-order valence-electron chi connectivity index (χ2n) is 4.86. The number of para-hydroxylation sites is 1. The zero-order valence-electron chi connectivity index (χ0n) is 9.68. The van der Waals surface area contributed by atoms with Gasteiger partial charge in [0.05, 0.1) is 18.1 Å². The minimum Gasteiger partial charge on any atom is -0.481 e. The SMILES string of the molecule is Cn1ncc2cccc(C3(CC(=O)O)CC3)c21. The summed E-state index contributed by atoms with van der Waals surface area (Å²) >= 11 is 0. The largest absolute Gasteiger partial charge is 0.481 e. The van der Waals surface area contributed by atoms with Gasteiger partial charge in [0.2, 0.25) is 0 Å². The summed E-state index contributed by atoms with van der Waals surface area (Å²) < 4.78 is 1.84. The van der Waals surface area contributed by atoms with E-state index < -0.39 is 5.97 Å². The first-order valence-electron chi connectivity index (χ1n) is 5.75. The van der Waals surface area contributed by atoms with Gasteiger partial charge in [0.15, 0.2) is 0 Å². The van der Waals surface area contributed by atoms with Crippen LogP contribution in [-0.4, -0.2) is 20.9 Å². The number of carboxylic acids is 1. The van der Waals surface area contributed by atoms with Gasteiger partial charge in [-0.25, -0.2) is 0 Å². The molecule has 2 aromatic rings. The molecule has 4 heteroatoms. The molecule has 4 nitrogen and oxygen atoms in total. The van der Waals surface area contributed by atoms with E-state index in [0.29, 0.717) is 0 Å². The monoisotopic (exact) mass is 230 g/mol. The standard InChI is InChI=1S/C13H14N2O2/c1-15-12-9(8-14-15)3-2-4-10(12)13(5-6-13)7-11(16)17/h2-4,8H,5-7H2,1H3,(H,16,17). The molecule has 0 spiro atoms. The summed E-state index contributed by atoms with van der Waals surface area (Å²) in [7, 11) is 1.91. The molecule has 3 rings (SSSR count). The van der Waals surface area contributed by atoms with Crippen LogP contribution < -0.4 is 0 Å². The number of nitrogens with zero attached hydrogens (tertiary/aromatic N) is 2. The average molecular weight is 230 g/mol. The van der Waals surface area contributed by atoms with Crippen molar-refractivity contribution < 1.29 is 9.90 Å². The first-order chi connectivity index (χ1) is 8.12. The number of hydrogen-bond acceptors (Lipinski definition) is 2. The normalized spacial score (nSPS) is 17.2. The molecule has 0 unspecified atom stereocenters. The van der Waals surface area contributed by atoms with Gasteiger partial charge in [-0.05, 0) is 18.4 Å². The molecule has 88 valence electrons. The van der Waals surface area contributed by atoms with Gasteiger partial charge in [-0.3, -0.25) is 9.48 Å². The van der Waals surface area contributed by atoms with E-state index in [-0.39, 0.29) is 11.8 Å². The molecule has 0 radical (unpaired) electrons. The van der Waals surface area contributed by atoms with Crippen molar-refractivity contribution in [3.63, 3.8) is 0 Å². The van der Waals surface area contributed by atoms with E-state index in [0.717, 1.165) is 29.3 Å². The second-order valence-corrected chi connectivity index (χ2v) is 4.86. The highest BCUT2D eigenvalue weighted by molar-refractivity contribution is 5.84. The Morgan fingerprint density at radius 2 is 2.29 bits per heavy atom. The Kier molecular flexibility index (Phi) is 2.02. The van der Waals surface area contributed by atoms with Gasteiger partial charge in [0.1, 0.15) is 0 Å². The lowest BCUT2D eigenvalue weighted by Crippen LogP contribution is -2.14. The molecule has 1 aliphatic carbocycles. The van der Waals surface area contributed by atoms with Crippen molar-refractivity contribution in [3.8, 4) is 0 Å². The lowest BCUT2D eigenvalue weighted by Gasteiger charge is -2.15. The molecule has 0 atom stereocenters. The fraction of sp³-hybridized carbons (Fsp3) is 0.385. The van der Waals surface area contributed by atoms with E-state index in [1.54, 1.807) is 0 Å². The van der Waals surface area contributed by atoms with Crippen LogP contribution in [0.1, 0.15) is 24.8 Å². The van der Waals surface area contributed by atoms with Crippen molar-refractivity contribution in [2.24, 2.45) is 7.05 Å². The van der Waals surface area contributed by atoms with Crippen LogP contribution in [0.2, 0.25) is 0 Å². The number of hydrogen-bond donors (Lipinski definition) is 1. The van der Waals surface area contributed by atoms with Gasteiger partial charge in [0.25, 0.3) is 0 Å². The fourth-order valence-corrected chi connectivity index (χ4v) is 2.64. The first-order valence-corrected chi connectivity index (χ1v) is 5.75. The van der Waals surface area contributed by atoms with Crippen LogP contribution >= 0.6 is 0 Å². The number of carboxylic acid groups (broad SMARTS) is 1. The summed E-state index contributed by atoms with van der Waals surface area (Å²) in [5, 5.41) is 14.4. The summed E-state index contributed by atoms with van der Waals surface area (Å²) in [6, 6.07) is 6.05. The number of aromatic nitrogens is 2. The Morgan fingerprint density at radius 3 is 2.94 bits per heavy atom. The molecular weight excluding hydrogens is 216 g/mol. The molecule has 0 bridgehead atoms. The molecule has 1 aromatic heterocycles. The van der Waals surface area contributed by atoms with E-state index in [1.165, 1.54) is 0 Å². The third kappa shape index (κ3) is 1.52. The molecule has 1 aliphatic rings. The van der Waals surface area contributed by atoms with Crippen LogP contribution in [-0.2, 0) is 17.3 Å². The molecule has 17 heavy (non-hydrogen) atoms. The average Bonchev–Trinajstić information content (AvgIpc) is 2.96. The van der Waals surface area contributed by atoms with Crippen LogP contribution in [0.25, 0.3) is 10.9 Å². The van der Waals surface area contributed by atoms with Gasteiger partial charge in [-0.2, -0.15) is 5.10 Å². The number of aliphatic carboxylic acids is 1. The van der Waals surface area contributed by atoms with Gasteiger partial charge >= 0.3 is 5.97 Å². The van der Waals surface area contributed by atoms with Gasteiger partial charge in [0, 0.05) is 17.8 Å². The van der Waals surface area contributed by atoms with Gasteiger partial charge in [-0.15, -0.1) is 0 Å². The number of benzene rings is 1. The van der Waals surface area contributed by atoms with E-state index >= 15 is 0 Å². The van der Waals surface area contributed by atoms with Crippen molar-refractivity contribution in [2.75, 3.05) is 0 Å². The zero-order valence-corrected chi connectivity index (χ0v) is 9.68. The highest BCUT2D eigenvalue weighted by Crippen LogP contribution is 2.52. The summed E-state index contributed by atoms with van der Waals surface area (Å²) in [4.78, 5) is 11.0. The van der Waals surface area contributed by atoms with E-state index in [9.17, 15) is 4.79 Å². The van der Waals surface area contributed by atoms with Crippen LogP contribution in [0.5, 0.6) is 0 Å². The van der Waals surface area contributed by atoms with Crippen molar-refractivity contribution >= 4 is 16.9 Å². The summed E-state index contributed by atoms with van der Waals surface area (Å²) in [6.07, 6.45) is 3.97. The molecule has 0 amide bonds. The number of fused-ring (bicyclic) bond motifs is 1. The molecule has 1 saturated carbocycles. The summed E-state index contributed by atoms with van der Waals surface area (Å²) in [6.45, 7) is 0. The lowest BCUT2D eigenvalue weighted by atomic mass is 9.91. The third-order valence-corrected chi connectivity index (χ3v) is 3.68. The van der Waals surface area contributed by atoms with Crippen LogP contribution in [0, 0.1) is 0 Å². The number of carbonyl (C=O) groups is 1. The lowest BCUT2D eigenvalue weighted by molar-refractivity contribution is -0.137. The molecule has 0 saturated heterocycles. The molecular formula is C13H14N2O2. The third-order valence-electron chi connectivity index (χ3n) is 3.68. The van der Waals surface area contributed by atoms with Crippen LogP contribution in [0.3, 0.4) is 0 Å². The van der Waals surface area contributed by atoms with Gasteiger partial charge in [-0.1, -0.05) is 18.2 Å². The molecule has 1 fully saturated rings. The summed E-state index contributed by atoms with van der Waals surface area (Å²) in [5.74, 6) is -0.721. The summed E-state index contributed by atoms with van der Waals surface area (Å²) in [5.41, 5.74) is 2.06. The Balaban J connectivity index is 2.17. The zero-order chi connectivity index (χ0) is 12.0. The first kappa shape index (κ1) is 10.3. The van der Waals surface area contributed by atoms with Crippen LogP contribution in [0.4, 0.5) is 0 Å². The Hall–Kier alpha value is -1.84. The van der Waals surface area contributed by atoms with Crippen molar-refractivity contribution in [1.82, 2.24) is 9.78 Å².